The predicted octanol–water partition coefficient (Wildman–Crippen LogP) is 3.77. The number of hydrogen-bond donors (Lipinski definition) is 0. The van der Waals surface area contributed by atoms with E-state index in [-0.39, 0.29) is 0 Å². The van der Waals surface area contributed by atoms with Crippen LogP contribution in [-0.2, 0) is 19.5 Å². The average Bonchev–Trinajstić information content (AvgIpc) is 2.86. The van der Waals surface area contributed by atoms with Crippen LogP contribution in [0.3, 0.4) is 0 Å². The Balaban J connectivity index is 1.68. The first-order chi connectivity index (χ1) is 11.2. The summed E-state index contributed by atoms with van der Waals surface area (Å²) >= 11 is 6.27. The summed E-state index contributed by atoms with van der Waals surface area (Å²) < 4.78 is 2.56. The third kappa shape index (κ3) is 3.02. The average molecular weight is 332 g/mol. The van der Waals surface area contributed by atoms with Gasteiger partial charge < -0.3 is 14.4 Å². The molecule has 0 radical (unpaired) electrons. The zero-order valence-electron chi connectivity index (χ0n) is 14.0. The van der Waals surface area contributed by atoms with Crippen molar-refractivity contribution in [2.75, 3.05) is 33.2 Å². The first kappa shape index (κ1) is 15.5. The van der Waals surface area contributed by atoms with Crippen LogP contribution in [0, 0.1) is 0 Å². The highest BCUT2D eigenvalue weighted by Crippen LogP contribution is 2.32. The molecule has 0 N–H and O–H groups in total. The number of likely N-dealkylation sites (N-methyl/N-ethyl adjacent to an activating group) is 1. The van der Waals surface area contributed by atoms with Gasteiger partial charge in [-0.3, -0.25) is 0 Å². The van der Waals surface area contributed by atoms with Crippen molar-refractivity contribution in [2.45, 2.75) is 38.8 Å². The molecular weight excluding hydrogens is 306 g/mol. The van der Waals surface area contributed by atoms with Crippen molar-refractivity contribution in [3.8, 4) is 0 Å². The monoisotopic (exact) mass is 331 g/mol. The van der Waals surface area contributed by atoms with Crippen molar-refractivity contribution in [1.29, 1.82) is 0 Å². The first-order valence-corrected chi connectivity index (χ1v) is 9.30. The highest BCUT2D eigenvalue weighted by Gasteiger charge is 2.22. The summed E-state index contributed by atoms with van der Waals surface area (Å²) in [6, 6.07) is 6.42. The Bertz CT molecular complexity index is 700. The number of rotatable bonds is 3. The second-order valence-corrected chi connectivity index (χ2v) is 7.56. The third-order valence-electron chi connectivity index (χ3n) is 5.50. The lowest BCUT2D eigenvalue weighted by atomic mass is 10.0. The molecule has 0 aliphatic carbocycles. The zero-order valence-corrected chi connectivity index (χ0v) is 14.8. The van der Waals surface area contributed by atoms with Crippen molar-refractivity contribution >= 4 is 22.5 Å². The van der Waals surface area contributed by atoms with E-state index in [1.54, 1.807) is 0 Å². The molecule has 1 aromatic carbocycles. The van der Waals surface area contributed by atoms with Gasteiger partial charge in [0.25, 0.3) is 0 Å². The van der Waals surface area contributed by atoms with Gasteiger partial charge in [-0.05, 0) is 63.2 Å². The van der Waals surface area contributed by atoms with Gasteiger partial charge in [0.15, 0.2) is 0 Å². The largest absolute Gasteiger partial charge is 0.342 e. The fraction of sp³-hybridized carbons (Fsp3) is 0.579. The fourth-order valence-corrected chi connectivity index (χ4v) is 4.40. The van der Waals surface area contributed by atoms with Crippen LogP contribution in [0.2, 0.25) is 5.02 Å². The standard InChI is InChI=1S/C19H26ClN3/c1-21-10-7-16-17-13-15(20)5-6-18(17)23(19(16)14-21)12-11-22-8-3-2-4-9-22/h5-6,13H,2-4,7-12,14H2,1H3. The van der Waals surface area contributed by atoms with Gasteiger partial charge >= 0.3 is 0 Å². The van der Waals surface area contributed by atoms with Gasteiger partial charge in [-0.15, -0.1) is 0 Å². The molecule has 1 aromatic heterocycles. The zero-order chi connectivity index (χ0) is 15.8. The highest BCUT2D eigenvalue weighted by molar-refractivity contribution is 6.31. The summed E-state index contributed by atoms with van der Waals surface area (Å²) in [5.74, 6) is 0. The van der Waals surface area contributed by atoms with Crippen LogP contribution in [0.4, 0.5) is 0 Å². The van der Waals surface area contributed by atoms with E-state index < -0.39 is 0 Å². The lowest BCUT2D eigenvalue weighted by Gasteiger charge is -2.28. The number of fused-ring (bicyclic) bond motifs is 3. The summed E-state index contributed by atoms with van der Waals surface area (Å²) in [4.78, 5) is 5.06. The minimum atomic E-state index is 0.854. The van der Waals surface area contributed by atoms with Crippen LogP contribution >= 0.6 is 11.6 Å². The van der Waals surface area contributed by atoms with Crippen LogP contribution in [0.1, 0.15) is 30.5 Å². The van der Waals surface area contributed by atoms with Crippen LogP contribution < -0.4 is 0 Å². The SMILES string of the molecule is CN1CCc2c(n(CCN3CCCCC3)c3ccc(Cl)cc23)C1. The molecule has 4 rings (SSSR count). The van der Waals surface area contributed by atoms with E-state index in [2.05, 4.69) is 33.5 Å². The Morgan fingerprint density at radius 3 is 2.70 bits per heavy atom. The molecule has 1 saturated heterocycles. The molecule has 0 bridgehead atoms. The van der Waals surface area contributed by atoms with E-state index in [1.165, 1.54) is 61.1 Å². The Kier molecular flexibility index (Phi) is 4.35. The Morgan fingerprint density at radius 2 is 1.87 bits per heavy atom. The minimum Gasteiger partial charge on any atom is -0.342 e. The van der Waals surface area contributed by atoms with Crippen LogP contribution in [-0.4, -0.2) is 47.6 Å². The Labute approximate surface area is 143 Å². The Hall–Kier alpha value is -1.03. The number of likely N-dealkylation sites (tertiary alicyclic amines) is 1. The van der Waals surface area contributed by atoms with Crippen LogP contribution in [0.25, 0.3) is 10.9 Å². The minimum absolute atomic E-state index is 0.854. The van der Waals surface area contributed by atoms with Crippen molar-refractivity contribution in [3.63, 3.8) is 0 Å². The van der Waals surface area contributed by atoms with E-state index in [9.17, 15) is 0 Å². The molecule has 4 heteroatoms. The quantitative estimate of drug-likeness (QED) is 0.848. The molecule has 23 heavy (non-hydrogen) atoms. The molecule has 0 spiro atoms. The van der Waals surface area contributed by atoms with Crippen molar-refractivity contribution < 1.29 is 0 Å². The second-order valence-electron chi connectivity index (χ2n) is 7.13. The molecule has 3 nitrogen and oxygen atoms in total. The number of piperidine rings is 1. The van der Waals surface area contributed by atoms with Crippen molar-refractivity contribution in [1.82, 2.24) is 14.4 Å². The second kappa shape index (κ2) is 6.46. The van der Waals surface area contributed by atoms with Gasteiger partial charge in [0.1, 0.15) is 0 Å². The molecule has 2 aliphatic rings. The highest BCUT2D eigenvalue weighted by atomic mass is 35.5. The van der Waals surface area contributed by atoms with Gasteiger partial charge in [-0.2, -0.15) is 0 Å². The number of aromatic nitrogens is 1. The third-order valence-corrected chi connectivity index (χ3v) is 5.74. The normalized spacial score (nSPS) is 20.1. The van der Waals surface area contributed by atoms with E-state index in [0.717, 1.165) is 31.1 Å². The number of benzene rings is 1. The van der Waals surface area contributed by atoms with Gasteiger partial charge in [0.05, 0.1) is 0 Å². The lowest BCUT2D eigenvalue weighted by molar-refractivity contribution is 0.219. The smallest absolute Gasteiger partial charge is 0.0487 e. The van der Waals surface area contributed by atoms with Crippen LogP contribution in [0.5, 0.6) is 0 Å². The molecule has 124 valence electrons. The van der Waals surface area contributed by atoms with E-state index in [1.807, 2.05) is 6.07 Å². The first-order valence-electron chi connectivity index (χ1n) is 8.93. The maximum absolute atomic E-state index is 6.27. The van der Waals surface area contributed by atoms with Gasteiger partial charge in [-0.1, -0.05) is 18.0 Å². The van der Waals surface area contributed by atoms with Crippen molar-refractivity contribution in [3.05, 3.63) is 34.5 Å². The maximum atomic E-state index is 6.27. The molecule has 2 aliphatic heterocycles. The summed E-state index contributed by atoms with van der Waals surface area (Å²) in [6.45, 7) is 7.01. The Morgan fingerprint density at radius 1 is 1.04 bits per heavy atom. The van der Waals surface area contributed by atoms with Gasteiger partial charge in [0, 0.05) is 47.8 Å². The molecule has 0 unspecified atom stereocenters. The summed E-state index contributed by atoms with van der Waals surface area (Å²) in [5.41, 5.74) is 4.40. The topological polar surface area (TPSA) is 11.4 Å². The van der Waals surface area contributed by atoms with Gasteiger partial charge in [-0.25, -0.2) is 0 Å². The van der Waals surface area contributed by atoms with Gasteiger partial charge in [0.2, 0.25) is 0 Å². The molecule has 0 amide bonds. The van der Waals surface area contributed by atoms with Crippen LogP contribution in [0.15, 0.2) is 18.2 Å². The predicted molar refractivity (Wildman–Crippen MR) is 97.3 cm³/mol. The molecular formula is C19H26ClN3. The van der Waals surface area contributed by atoms with Crippen molar-refractivity contribution in [2.24, 2.45) is 0 Å². The summed E-state index contributed by atoms with van der Waals surface area (Å²) in [6.07, 6.45) is 5.27. The molecule has 3 heterocycles. The van der Waals surface area contributed by atoms with E-state index in [4.69, 9.17) is 11.6 Å². The summed E-state index contributed by atoms with van der Waals surface area (Å²) in [7, 11) is 2.22. The molecule has 1 fully saturated rings. The maximum Gasteiger partial charge on any atom is 0.0487 e. The number of halogens is 1. The fourth-order valence-electron chi connectivity index (χ4n) is 4.23. The summed E-state index contributed by atoms with van der Waals surface area (Å²) in [5, 5.41) is 2.23. The lowest BCUT2D eigenvalue weighted by Crippen LogP contribution is -2.33. The molecule has 0 atom stereocenters. The number of hydrogen-bond acceptors (Lipinski definition) is 2. The molecule has 2 aromatic rings. The molecule has 0 saturated carbocycles. The number of nitrogens with zero attached hydrogens (tertiary/aromatic N) is 3. The van der Waals surface area contributed by atoms with E-state index >= 15 is 0 Å². The van der Waals surface area contributed by atoms with E-state index in [0.29, 0.717) is 0 Å².